The van der Waals surface area contributed by atoms with Gasteiger partial charge in [-0.1, -0.05) is 5.16 Å². The van der Waals surface area contributed by atoms with Crippen molar-refractivity contribution in [3.63, 3.8) is 0 Å². The van der Waals surface area contributed by atoms with Gasteiger partial charge in [-0.3, -0.25) is 9.69 Å². The van der Waals surface area contributed by atoms with Gasteiger partial charge >= 0.3 is 0 Å². The number of aryl methyl sites for hydroxylation is 2. The minimum atomic E-state index is 0.0689. The Morgan fingerprint density at radius 2 is 2.14 bits per heavy atom. The van der Waals surface area contributed by atoms with Crippen LogP contribution in [-0.2, 0) is 6.54 Å². The van der Waals surface area contributed by atoms with Gasteiger partial charge in [0.2, 0.25) is 0 Å². The lowest BCUT2D eigenvalue weighted by molar-refractivity contribution is 0.0585. The number of hydrogen-bond donors (Lipinski definition) is 0. The molecule has 0 aromatic carbocycles. The summed E-state index contributed by atoms with van der Waals surface area (Å²) in [4.78, 5) is 17.7. The van der Waals surface area contributed by atoms with Gasteiger partial charge < -0.3 is 9.42 Å². The molecule has 146 valence electrons. The van der Waals surface area contributed by atoms with Crippen LogP contribution in [-0.4, -0.2) is 66.6 Å². The summed E-state index contributed by atoms with van der Waals surface area (Å²) in [6.07, 6.45) is 3.95. The van der Waals surface area contributed by atoms with Crippen LogP contribution in [0.1, 0.15) is 40.2 Å². The van der Waals surface area contributed by atoms with Gasteiger partial charge in [0.25, 0.3) is 5.91 Å². The van der Waals surface area contributed by atoms with Gasteiger partial charge in [-0.05, 0) is 55.2 Å². The molecule has 0 radical (unpaired) electrons. The minimum absolute atomic E-state index is 0.0689. The standard InChI is InChI=1S/C19H23N7O2/c1-12-17(13(2)28-21-12)11-24-8-14-3-4-16(10-24)25(9-14)19(27)15-5-6-26-18(7-15)20-22-23-26/h5-7,14,16H,3-4,8-11H2,1-2H3/t14-,16+/m1/s1. The Balaban J connectivity index is 1.36. The van der Waals surface area contributed by atoms with Crippen molar-refractivity contribution in [2.24, 2.45) is 5.92 Å². The van der Waals surface area contributed by atoms with Gasteiger partial charge in [-0.25, -0.2) is 4.52 Å². The number of carbonyl (C=O) groups is 1. The molecule has 3 aromatic heterocycles. The molecule has 2 atom stereocenters. The van der Waals surface area contributed by atoms with Crippen LogP contribution < -0.4 is 0 Å². The summed E-state index contributed by atoms with van der Waals surface area (Å²) in [6, 6.07) is 3.79. The van der Waals surface area contributed by atoms with Crippen LogP contribution in [0, 0.1) is 19.8 Å². The number of pyridine rings is 1. The first-order chi connectivity index (χ1) is 13.6. The Hall–Kier alpha value is -2.81. The highest BCUT2D eigenvalue weighted by Gasteiger charge is 2.37. The second kappa shape index (κ2) is 6.66. The smallest absolute Gasteiger partial charge is 0.254 e. The molecule has 3 aromatic rings. The van der Waals surface area contributed by atoms with Crippen molar-refractivity contribution in [1.82, 2.24) is 35.0 Å². The van der Waals surface area contributed by atoms with E-state index in [2.05, 4.69) is 30.5 Å². The van der Waals surface area contributed by atoms with Crippen molar-refractivity contribution in [2.45, 2.75) is 39.3 Å². The molecule has 3 aliphatic rings. The number of aromatic nitrogens is 5. The topological polar surface area (TPSA) is 92.7 Å². The third-order valence-corrected chi connectivity index (χ3v) is 6.06. The predicted octanol–water partition coefficient (Wildman–Crippen LogP) is 1.47. The molecular formula is C19H23N7O2. The second-order valence-corrected chi connectivity index (χ2v) is 7.95. The third-order valence-electron chi connectivity index (χ3n) is 6.06. The zero-order chi connectivity index (χ0) is 19.3. The van der Waals surface area contributed by atoms with Crippen molar-refractivity contribution in [3.05, 3.63) is 40.9 Å². The Morgan fingerprint density at radius 1 is 1.25 bits per heavy atom. The fraction of sp³-hybridized carbons (Fsp3) is 0.526. The molecular weight excluding hydrogens is 358 g/mol. The fourth-order valence-corrected chi connectivity index (χ4v) is 4.55. The Bertz CT molecular complexity index is 1010. The lowest BCUT2D eigenvalue weighted by atomic mass is 9.94. The van der Waals surface area contributed by atoms with Crippen molar-refractivity contribution < 1.29 is 9.32 Å². The molecule has 3 fully saturated rings. The molecule has 1 amide bonds. The maximum atomic E-state index is 13.2. The minimum Gasteiger partial charge on any atom is -0.361 e. The van der Waals surface area contributed by atoms with E-state index >= 15 is 0 Å². The molecule has 6 heterocycles. The lowest BCUT2D eigenvalue weighted by Crippen LogP contribution is -2.47. The molecule has 9 nitrogen and oxygen atoms in total. The number of nitrogens with zero attached hydrogens (tertiary/aromatic N) is 7. The van der Waals surface area contributed by atoms with Crippen molar-refractivity contribution in [2.75, 3.05) is 19.6 Å². The zero-order valence-corrected chi connectivity index (χ0v) is 16.1. The summed E-state index contributed by atoms with van der Waals surface area (Å²) in [5.41, 5.74) is 3.36. The molecule has 9 heteroatoms. The first kappa shape index (κ1) is 17.3. The Labute approximate surface area is 162 Å². The van der Waals surface area contributed by atoms with Crippen LogP contribution in [0.3, 0.4) is 0 Å². The average Bonchev–Trinajstić information content (AvgIpc) is 3.17. The number of piperidine rings is 1. The maximum absolute atomic E-state index is 13.2. The van der Waals surface area contributed by atoms with E-state index in [1.165, 1.54) is 12.0 Å². The first-order valence-corrected chi connectivity index (χ1v) is 9.71. The van der Waals surface area contributed by atoms with E-state index in [0.717, 1.165) is 44.1 Å². The summed E-state index contributed by atoms with van der Waals surface area (Å²) >= 11 is 0. The molecule has 0 aliphatic carbocycles. The molecule has 0 spiro atoms. The van der Waals surface area contributed by atoms with Gasteiger partial charge in [0.1, 0.15) is 5.76 Å². The molecule has 3 saturated heterocycles. The average molecular weight is 381 g/mol. The van der Waals surface area contributed by atoms with Gasteiger partial charge in [0.15, 0.2) is 5.65 Å². The summed E-state index contributed by atoms with van der Waals surface area (Å²) in [5.74, 6) is 1.44. The van der Waals surface area contributed by atoms with Gasteiger partial charge in [0.05, 0.1) is 5.69 Å². The zero-order valence-electron chi connectivity index (χ0n) is 16.1. The van der Waals surface area contributed by atoms with E-state index in [1.54, 1.807) is 22.8 Å². The van der Waals surface area contributed by atoms with Gasteiger partial charge in [0, 0.05) is 49.5 Å². The quantitative estimate of drug-likeness (QED) is 0.678. The van der Waals surface area contributed by atoms with Crippen molar-refractivity contribution >= 4 is 11.6 Å². The molecule has 0 saturated carbocycles. The number of rotatable bonds is 3. The van der Waals surface area contributed by atoms with Crippen LogP contribution in [0.5, 0.6) is 0 Å². The summed E-state index contributed by atoms with van der Waals surface area (Å²) in [7, 11) is 0. The Kier molecular flexibility index (Phi) is 4.12. The highest BCUT2D eigenvalue weighted by atomic mass is 16.5. The number of fused-ring (bicyclic) bond motifs is 5. The summed E-state index contributed by atoms with van der Waals surface area (Å²) in [5, 5.41) is 15.5. The largest absolute Gasteiger partial charge is 0.361 e. The SMILES string of the molecule is Cc1noc(C)c1CN1C[C@H]2CC[C@@H](C1)N(C(=O)c1ccn3nnnc3c1)C2. The molecule has 28 heavy (non-hydrogen) atoms. The lowest BCUT2D eigenvalue weighted by Gasteiger charge is -2.36. The number of tetrazole rings is 1. The summed E-state index contributed by atoms with van der Waals surface area (Å²) in [6.45, 7) is 7.46. The van der Waals surface area contributed by atoms with E-state index in [-0.39, 0.29) is 11.9 Å². The van der Waals surface area contributed by atoms with Gasteiger partial charge in [-0.15, -0.1) is 5.10 Å². The number of amides is 1. The number of carbonyl (C=O) groups excluding carboxylic acids is 1. The Morgan fingerprint density at radius 3 is 2.96 bits per heavy atom. The van der Waals surface area contributed by atoms with Gasteiger partial charge in [-0.2, -0.15) is 0 Å². The van der Waals surface area contributed by atoms with Crippen molar-refractivity contribution in [3.8, 4) is 0 Å². The van der Waals surface area contributed by atoms with Crippen molar-refractivity contribution in [1.29, 1.82) is 0 Å². The molecule has 2 bridgehead atoms. The van der Waals surface area contributed by atoms with E-state index in [0.29, 0.717) is 17.1 Å². The maximum Gasteiger partial charge on any atom is 0.254 e. The normalized spacial score (nSPS) is 22.7. The molecule has 3 aliphatic heterocycles. The monoisotopic (exact) mass is 381 g/mol. The van der Waals surface area contributed by atoms with Crippen LogP contribution in [0.25, 0.3) is 5.65 Å². The molecule has 6 rings (SSSR count). The molecule has 0 unspecified atom stereocenters. The van der Waals surface area contributed by atoms with Crippen LogP contribution in [0.2, 0.25) is 0 Å². The molecule has 0 N–H and O–H groups in total. The van der Waals surface area contributed by atoms with Crippen LogP contribution in [0.4, 0.5) is 0 Å². The first-order valence-electron chi connectivity index (χ1n) is 9.71. The number of hydrogen-bond acceptors (Lipinski definition) is 7. The fourth-order valence-electron chi connectivity index (χ4n) is 4.55. The highest BCUT2D eigenvalue weighted by molar-refractivity contribution is 5.95. The van der Waals surface area contributed by atoms with Crippen LogP contribution >= 0.6 is 0 Å². The predicted molar refractivity (Wildman–Crippen MR) is 99.6 cm³/mol. The van der Waals surface area contributed by atoms with Crippen LogP contribution in [0.15, 0.2) is 22.9 Å². The second-order valence-electron chi connectivity index (χ2n) is 7.95. The summed E-state index contributed by atoms with van der Waals surface area (Å²) < 4.78 is 6.89. The van der Waals surface area contributed by atoms with E-state index < -0.39 is 0 Å². The van der Waals surface area contributed by atoms with E-state index in [1.807, 2.05) is 13.8 Å². The van der Waals surface area contributed by atoms with E-state index in [9.17, 15) is 4.79 Å². The third kappa shape index (κ3) is 2.95. The highest BCUT2D eigenvalue weighted by Crippen LogP contribution is 2.30. The van der Waals surface area contributed by atoms with E-state index in [4.69, 9.17) is 4.52 Å².